The molecule has 1 aliphatic heterocycles. The number of ether oxygens (including phenoxy) is 1. The Hall–Kier alpha value is -2.68. The van der Waals surface area contributed by atoms with Gasteiger partial charge in [0.05, 0.1) is 24.2 Å². The van der Waals surface area contributed by atoms with Crippen LogP contribution in [-0.2, 0) is 14.8 Å². The Labute approximate surface area is 145 Å². The predicted molar refractivity (Wildman–Crippen MR) is 94.0 cm³/mol. The smallest absolute Gasteiger partial charge is 0.412 e. The molecular formula is C16H18N4O4S. The largest absolute Gasteiger partial charge is 0.453 e. The Morgan fingerprint density at radius 1 is 1.28 bits per heavy atom. The number of hydrogen-bond acceptors (Lipinski definition) is 6. The van der Waals surface area contributed by atoms with Crippen LogP contribution in [0.4, 0.5) is 16.3 Å². The fraction of sp³-hybridized carbons (Fsp3) is 0.312. The first kappa shape index (κ1) is 17.2. The van der Waals surface area contributed by atoms with Gasteiger partial charge < -0.3 is 4.74 Å². The molecule has 0 saturated carbocycles. The highest BCUT2D eigenvalue weighted by molar-refractivity contribution is 7.93. The number of methoxy groups -OCH3 is 1. The summed E-state index contributed by atoms with van der Waals surface area (Å²) >= 11 is 0. The van der Waals surface area contributed by atoms with Gasteiger partial charge in [-0.05, 0) is 37.1 Å². The molecule has 1 aliphatic rings. The van der Waals surface area contributed by atoms with Gasteiger partial charge in [0.1, 0.15) is 5.82 Å². The molecular weight excluding hydrogens is 344 g/mol. The van der Waals surface area contributed by atoms with Crippen LogP contribution in [-0.4, -0.2) is 43.9 Å². The maximum absolute atomic E-state index is 12.2. The van der Waals surface area contributed by atoms with Crippen LogP contribution in [0.5, 0.6) is 0 Å². The van der Waals surface area contributed by atoms with E-state index in [9.17, 15) is 13.2 Å². The van der Waals surface area contributed by atoms with E-state index < -0.39 is 16.1 Å². The minimum absolute atomic E-state index is 0.152. The van der Waals surface area contributed by atoms with Crippen molar-refractivity contribution >= 4 is 27.6 Å². The highest BCUT2D eigenvalue weighted by Crippen LogP contribution is 2.31. The summed E-state index contributed by atoms with van der Waals surface area (Å²) in [6.07, 6.45) is 3.20. The molecule has 0 aromatic carbocycles. The quantitative estimate of drug-likeness (QED) is 0.898. The zero-order valence-electron chi connectivity index (χ0n) is 13.9. The number of anilines is 2. The molecule has 2 aromatic heterocycles. The molecule has 0 unspecified atom stereocenters. The third-order valence-electron chi connectivity index (χ3n) is 3.94. The van der Waals surface area contributed by atoms with Crippen molar-refractivity contribution < 1.29 is 17.9 Å². The van der Waals surface area contributed by atoms with Crippen LogP contribution >= 0.6 is 0 Å². The Morgan fingerprint density at radius 3 is 2.76 bits per heavy atom. The zero-order valence-corrected chi connectivity index (χ0v) is 14.7. The second-order valence-corrected chi connectivity index (χ2v) is 7.63. The van der Waals surface area contributed by atoms with Crippen molar-refractivity contribution in [2.24, 2.45) is 0 Å². The Bertz CT molecular complexity index is 914. The van der Waals surface area contributed by atoms with Crippen LogP contribution in [0.25, 0.3) is 11.1 Å². The molecule has 8 nitrogen and oxygen atoms in total. The van der Waals surface area contributed by atoms with Crippen molar-refractivity contribution in [2.75, 3.05) is 29.0 Å². The van der Waals surface area contributed by atoms with Gasteiger partial charge in [0.15, 0.2) is 0 Å². The number of aryl methyl sites for hydroxylation is 1. The summed E-state index contributed by atoms with van der Waals surface area (Å²) in [5, 5.41) is 2.50. The van der Waals surface area contributed by atoms with Gasteiger partial charge in [-0.2, -0.15) is 0 Å². The van der Waals surface area contributed by atoms with E-state index in [0.717, 1.165) is 11.1 Å². The highest BCUT2D eigenvalue weighted by atomic mass is 32.2. The van der Waals surface area contributed by atoms with Gasteiger partial charge in [0.25, 0.3) is 0 Å². The molecule has 1 fully saturated rings. The highest BCUT2D eigenvalue weighted by Gasteiger charge is 2.30. The number of aromatic nitrogens is 2. The fourth-order valence-electron chi connectivity index (χ4n) is 2.68. The molecule has 9 heteroatoms. The lowest BCUT2D eigenvalue weighted by Crippen LogP contribution is -2.26. The summed E-state index contributed by atoms with van der Waals surface area (Å²) in [5.74, 6) is 0.485. The van der Waals surface area contributed by atoms with Crippen LogP contribution in [0.1, 0.15) is 12.1 Å². The number of carbonyl (C=O) groups is 1. The molecule has 0 atom stereocenters. The van der Waals surface area contributed by atoms with Crippen LogP contribution < -0.4 is 9.62 Å². The number of pyridine rings is 2. The molecule has 0 bridgehead atoms. The molecule has 2 aromatic rings. The first-order valence-electron chi connectivity index (χ1n) is 7.69. The first-order chi connectivity index (χ1) is 11.9. The lowest BCUT2D eigenvalue weighted by Gasteiger charge is -2.19. The van der Waals surface area contributed by atoms with Crippen LogP contribution in [0.3, 0.4) is 0 Å². The maximum atomic E-state index is 12.2. The van der Waals surface area contributed by atoms with E-state index in [4.69, 9.17) is 0 Å². The number of sulfonamides is 1. The molecule has 25 heavy (non-hydrogen) atoms. The molecule has 0 spiro atoms. The minimum Gasteiger partial charge on any atom is -0.453 e. The lowest BCUT2D eigenvalue weighted by atomic mass is 10.1. The van der Waals surface area contributed by atoms with E-state index in [-0.39, 0.29) is 5.75 Å². The SMILES string of the molecule is COC(=O)Nc1cc(-c2cnc(C)c(N3CCCS3(=O)=O)c2)ccn1. The predicted octanol–water partition coefficient (Wildman–Crippen LogP) is 2.17. The van der Waals surface area contributed by atoms with Gasteiger partial charge in [-0.1, -0.05) is 0 Å². The number of carbonyl (C=O) groups excluding carboxylic acids is 1. The Kier molecular flexibility index (Phi) is 4.58. The van der Waals surface area contributed by atoms with Crippen molar-refractivity contribution in [3.05, 3.63) is 36.3 Å². The van der Waals surface area contributed by atoms with Crippen molar-refractivity contribution in [3.63, 3.8) is 0 Å². The topological polar surface area (TPSA) is 101 Å². The second-order valence-electron chi connectivity index (χ2n) is 5.62. The number of amides is 1. The summed E-state index contributed by atoms with van der Waals surface area (Å²) in [5.41, 5.74) is 2.72. The van der Waals surface area contributed by atoms with Gasteiger partial charge >= 0.3 is 6.09 Å². The van der Waals surface area contributed by atoms with Crippen LogP contribution in [0.15, 0.2) is 30.6 Å². The molecule has 3 rings (SSSR count). The second kappa shape index (κ2) is 6.67. The van der Waals surface area contributed by atoms with E-state index in [0.29, 0.717) is 30.2 Å². The third-order valence-corrected chi connectivity index (χ3v) is 5.79. The van der Waals surface area contributed by atoms with Crippen molar-refractivity contribution in [3.8, 4) is 11.1 Å². The van der Waals surface area contributed by atoms with Crippen molar-refractivity contribution in [1.29, 1.82) is 0 Å². The van der Waals surface area contributed by atoms with Crippen molar-refractivity contribution in [2.45, 2.75) is 13.3 Å². The van der Waals surface area contributed by atoms with Gasteiger partial charge in [0, 0.05) is 24.5 Å². The monoisotopic (exact) mass is 362 g/mol. The molecule has 1 saturated heterocycles. The third kappa shape index (κ3) is 3.55. The molecule has 0 radical (unpaired) electrons. The zero-order chi connectivity index (χ0) is 18.0. The number of hydrogen-bond donors (Lipinski definition) is 1. The summed E-state index contributed by atoms with van der Waals surface area (Å²) in [4.78, 5) is 19.7. The van der Waals surface area contributed by atoms with Gasteiger partial charge in [0.2, 0.25) is 10.0 Å². The average Bonchev–Trinajstić information content (AvgIpc) is 2.94. The number of rotatable bonds is 3. The summed E-state index contributed by atoms with van der Waals surface area (Å²) in [6.45, 7) is 2.24. The van der Waals surface area contributed by atoms with E-state index in [1.165, 1.54) is 11.4 Å². The van der Waals surface area contributed by atoms with Crippen LogP contribution in [0.2, 0.25) is 0 Å². The van der Waals surface area contributed by atoms with Gasteiger partial charge in [-0.3, -0.25) is 14.6 Å². The minimum atomic E-state index is -3.28. The molecule has 132 valence electrons. The van der Waals surface area contributed by atoms with Crippen LogP contribution in [0, 0.1) is 6.92 Å². The van der Waals surface area contributed by atoms with Gasteiger partial charge in [-0.25, -0.2) is 18.2 Å². The summed E-state index contributed by atoms with van der Waals surface area (Å²) in [7, 11) is -2.01. The summed E-state index contributed by atoms with van der Waals surface area (Å²) in [6, 6.07) is 5.23. The maximum Gasteiger partial charge on any atom is 0.412 e. The van der Waals surface area contributed by atoms with E-state index in [1.807, 2.05) is 0 Å². The number of nitrogens with zero attached hydrogens (tertiary/aromatic N) is 3. The summed E-state index contributed by atoms with van der Waals surface area (Å²) < 4.78 is 30.4. The van der Waals surface area contributed by atoms with Gasteiger partial charge in [-0.15, -0.1) is 0 Å². The molecule has 1 N–H and O–H groups in total. The molecule has 1 amide bonds. The number of nitrogens with one attached hydrogen (secondary N) is 1. The standard InChI is InChI=1S/C16H18N4O4S/c1-11-14(20-6-3-7-25(20,22)23)8-13(10-18-11)12-4-5-17-15(9-12)19-16(21)24-2/h4-5,8-10H,3,6-7H2,1-2H3,(H,17,19,21). The molecule has 0 aliphatic carbocycles. The Balaban J connectivity index is 1.98. The van der Waals surface area contributed by atoms with E-state index in [1.54, 1.807) is 37.5 Å². The molecule has 3 heterocycles. The van der Waals surface area contributed by atoms with E-state index in [2.05, 4.69) is 20.0 Å². The lowest BCUT2D eigenvalue weighted by molar-refractivity contribution is 0.187. The average molecular weight is 362 g/mol. The van der Waals surface area contributed by atoms with Crippen molar-refractivity contribution in [1.82, 2.24) is 9.97 Å². The normalized spacial score (nSPS) is 15.8. The van der Waals surface area contributed by atoms with E-state index >= 15 is 0 Å². The Morgan fingerprint density at radius 2 is 2.08 bits per heavy atom. The first-order valence-corrected chi connectivity index (χ1v) is 9.30. The fourth-order valence-corrected chi connectivity index (χ4v) is 4.28.